The average Bonchev–Trinajstić information content (AvgIpc) is 3.01. The van der Waals surface area contributed by atoms with Crippen LogP contribution in [0.3, 0.4) is 0 Å². The van der Waals surface area contributed by atoms with Gasteiger partial charge in [0.25, 0.3) is 5.91 Å². The summed E-state index contributed by atoms with van der Waals surface area (Å²) in [7, 11) is 0. The van der Waals surface area contributed by atoms with Crippen LogP contribution in [0.15, 0.2) is 24.3 Å². The van der Waals surface area contributed by atoms with Crippen LogP contribution in [0.1, 0.15) is 28.9 Å². The second-order valence-corrected chi connectivity index (χ2v) is 6.34. The Bertz CT molecular complexity index is 640. The number of carbonyl (C=O) groups is 1. The average molecular weight is 293 g/mol. The molecule has 1 aromatic carbocycles. The molecule has 2 aromatic rings. The molecule has 3 rings (SSSR count). The SMILES string of the molecule is O=C(NCC1CCCC1O)c1cc2ccc(F)cc2s1. The predicted octanol–water partition coefficient (Wildman–Crippen LogP) is 2.93. The minimum atomic E-state index is -0.299. The van der Waals surface area contributed by atoms with Crippen LogP contribution >= 0.6 is 11.3 Å². The van der Waals surface area contributed by atoms with Gasteiger partial charge in [0.15, 0.2) is 0 Å². The van der Waals surface area contributed by atoms with Crippen molar-refractivity contribution in [3.63, 3.8) is 0 Å². The Morgan fingerprint density at radius 3 is 3.00 bits per heavy atom. The Morgan fingerprint density at radius 2 is 2.25 bits per heavy atom. The number of hydrogen-bond acceptors (Lipinski definition) is 3. The highest BCUT2D eigenvalue weighted by Crippen LogP contribution is 2.27. The summed E-state index contributed by atoms with van der Waals surface area (Å²) in [6.45, 7) is 0.503. The van der Waals surface area contributed by atoms with Gasteiger partial charge >= 0.3 is 0 Å². The highest BCUT2D eigenvalue weighted by atomic mass is 32.1. The molecule has 20 heavy (non-hydrogen) atoms. The first-order chi connectivity index (χ1) is 9.63. The van der Waals surface area contributed by atoms with Crippen molar-refractivity contribution in [1.29, 1.82) is 0 Å². The van der Waals surface area contributed by atoms with Gasteiger partial charge in [0.1, 0.15) is 5.82 Å². The lowest BCUT2D eigenvalue weighted by Gasteiger charge is -2.14. The Balaban J connectivity index is 1.69. The van der Waals surface area contributed by atoms with Gasteiger partial charge in [-0.05, 0) is 36.4 Å². The standard InChI is InChI=1S/C15H16FNO2S/c16-11-5-4-9-6-14(20-13(9)7-11)15(19)17-8-10-2-1-3-12(10)18/h4-7,10,12,18H,1-3,8H2,(H,17,19). The molecule has 0 bridgehead atoms. The van der Waals surface area contributed by atoms with E-state index in [4.69, 9.17) is 0 Å². The third-order valence-corrected chi connectivity index (χ3v) is 4.95. The van der Waals surface area contributed by atoms with Crippen LogP contribution in [-0.4, -0.2) is 23.7 Å². The summed E-state index contributed by atoms with van der Waals surface area (Å²) in [6, 6.07) is 6.29. The topological polar surface area (TPSA) is 49.3 Å². The molecule has 0 radical (unpaired) electrons. The highest BCUT2D eigenvalue weighted by Gasteiger charge is 2.25. The molecule has 1 aliphatic carbocycles. The van der Waals surface area contributed by atoms with Gasteiger partial charge in [-0.15, -0.1) is 11.3 Å². The Morgan fingerprint density at radius 1 is 1.40 bits per heavy atom. The van der Waals surface area contributed by atoms with Crippen molar-refractivity contribution >= 4 is 27.3 Å². The first kappa shape index (κ1) is 13.5. The number of aliphatic hydroxyl groups is 1. The predicted molar refractivity (Wildman–Crippen MR) is 77.5 cm³/mol. The normalized spacial score (nSPS) is 22.3. The molecule has 106 valence electrons. The van der Waals surface area contributed by atoms with Crippen LogP contribution < -0.4 is 5.32 Å². The number of thiophene rings is 1. The number of carbonyl (C=O) groups excluding carboxylic acids is 1. The molecule has 0 aliphatic heterocycles. The number of benzene rings is 1. The summed E-state index contributed by atoms with van der Waals surface area (Å²) in [5.41, 5.74) is 0. The molecule has 1 heterocycles. The molecule has 3 nitrogen and oxygen atoms in total. The zero-order valence-electron chi connectivity index (χ0n) is 10.9. The number of fused-ring (bicyclic) bond motifs is 1. The zero-order chi connectivity index (χ0) is 14.1. The largest absolute Gasteiger partial charge is 0.393 e. The Hall–Kier alpha value is -1.46. The van der Waals surface area contributed by atoms with E-state index in [0.29, 0.717) is 11.4 Å². The lowest BCUT2D eigenvalue weighted by molar-refractivity contribution is 0.0921. The minimum Gasteiger partial charge on any atom is -0.393 e. The first-order valence-electron chi connectivity index (χ1n) is 6.79. The lowest BCUT2D eigenvalue weighted by Crippen LogP contribution is -2.31. The summed E-state index contributed by atoms with van der Waals surface area (Å²) in [5, 5.41) is 13.5. The summed E-state index contributed by atoms with van der Waals surface area (Å²) < 4.78 is 13.9. The van der Waals surface area contributed by atoms with Gasteiger partial charge in [0, 0.05) is 17.2 Å². The molecular formula is C15H16FNO2S. The number of hydrogen-bond donors (Lipinski definition) is 2. The van der Waals surface area contributed by atoms with E-state index >= 15 is 0 Å². The van der Waals surface area contributed by atoms with Crippen molar-refractivity contribution in [2.24, 2.45) is 5.92 Å². The number of aliphatic hydroxyl groups excluding tert-OH is 1. The maximum atomic E-state index is 13.1. The van der Waals surface area contributed by atoms with Gasteiger partial charge in [0.2, 0.25) is 0 Å². The summed E-state index contributed by atoms with van der Waals surface area (Å²) in [6.07, 6.45) is 2.50. The quantitative estimate of drug-likeness (QED) is 0.914. The van der Waals surface area contributed by atoms with Crippen molar-refractivity contribution < 1.29 is 14.3 Å². The molecule has 1 amide bonds. The van der Waals surface area contributed by atoms with Crippen molar-refractivity contribution in [1.82, 2.24) is 5.32 Å². The van der Waals surface area contributed by atoms with Crippen molar-refractivity contribution in [3.8, 4) is 0 Å². The van der Waals surface area contributed by atoms with E-state index in [1.54, 1.807) is 12.1 Å². The molecule has 0 spiro atoms. The van der Waals surface area contributed by atoms with Crippen molar-refractivity contribution in [2.45, 2.75) is 25.4 Å². The smallest absolute Gasteiger partial charge is 0.261 e. The van der Waals surface area contributed by atoms with Gasteiger partial charge in [0.05, 0.1) is 11.0 Å². The van der Waals surface area contributed by atoms with Crippen LogP contribution in [-0.2, 0) is 0 Å². The zero-order valence-corrected chi connectivity index (χ0v) is 11.8. The van der Waals surface area contributed by atoms with Gasteiger partial charge < -0.3 is 10.4 Å². The second-order valence-electron chi connectivity index (χ2n) is 5.26. The van der Waals surface area contributed by atoms with Crippen molar-refractivity contribution in [2.75, 3.05) is 6.54 Å². The number of nitrogens with one attached hydrogen (secondary N) is 1. The number of amides is 1. The second kappa shape index (κ2) is 5.50. The summed E-state index contributed by atoms with van der Waals surface area (Å²) in [5.74, 6) is -0.281. The maximum absolute atomic E-state index is 13.1. The van der Waals surface area contributed by atoms with E-state index in [0.717, 1.165) is 29.3 Å². The van der Waals surface area contributed by atoms with E-state index in [1.807, 2.05) is 0 Å². The molecule has 0 saturated heterocycles. The summed E-state index contributed by atoms with van der Waals surface area (Å²) in [4.78, 5) is 12.7. The van der Waals surface area contributed by atoms with Crippen LogP contribution in [0.25, 0.3) is 10.1 Å². The molecule has 1 aliphatic rings. The Kier molecular flexibility index (Phi) is 3.72. The third-order valence-electron chi connectivity index (χ3n) is 3.85. The van der Waals surface area contributed by atoms with Gasteiger partial charge in [-0.1, -0.05) is 12.5 Å². The number of rotatable bonds is 3. The molecule has 1 fully saturated rings. The van der Waals surface area contributed by atoms with Gasteiger partial charge in [-0.3, -0.25) is 4.79 Å². The van der Waals surface area contributed by atoms with E-state index < -0.39 is 0 Å². The molecular weight excluding hydrogens is 277 g/mol. The van der Waals surface area contributed by atoms with Crippen LogP contribution in [0, 0.1) is 11.7 Å². The maximum Gasteiger partial charge on any atom is 0.261 e. The van der Waals surface area contributed by atoms with E-state index in [2.05, 4.69) is 5.32 Å². The van der Waals surface area contributed by atoms with Crippen LogP contribution in [0.2, 0.25) is 0 Å². The summed E-state index contributed by atoms with van der Waals surface area (Å²) >= 11 is 1.29. The molecule has 2 N–H and O–H groups in total. The fraction of sp³-hybridized carbons (Fsp3) is 0.400. The molecule has 1 aromatic heterocycles. The van der Waals surface area contributed by atoms with E-state index in [-0.39, 0.29) is 23.7 Å². The van der Waals surface area contributed by atoms with Crippen molar-refractivity contribution in [3.05, 3.63) is 35.0 Å². The third kappa shape index (κ3) is 2.69. The minimum absolute atomic E-state index is 0.147. The lowest BCUT2D eigenvalue weighted by atomic mass is 10.1. The molecule has 5 heteroatoms. The Labute approximate surface area is 120 Å². The van der Waals surface area contributed by atoms with Crippen LogP contribution in [0.5, 0.6) is 0 Å². The fourth-order valence-electron chi connectivity index (χ4n) is 2.68. The molecule has 1 saturated carbocycles. The number of halogens is 1. The first-order valence-corrected chi connectivity index (χ1v) is 7.60. The van der Waals surface area contributed by atoms with Crippen LogP contribution in [0.4, 0.5) is 4.39 Å². The fourth-order valence-corrected chi connectivity index (χ4v) is 3.69. The van der Waals surface area contributed by atoms with E-state index in [9.17, 15) is 14.3 Å². The van der Waals surface area contributed by atoms with E-state index in [1.165, 1.54) is 23.5 Å². The monoisotopic (exact) mass is 293 g/mol. The molecule has 2 atom stereocenters. The highest BCUT2D eigenvalue weighted by molar-refractivity contribution is 7.20. The molecule has 2 unspecified atom stereocenters. The van der Waals surface area contributed by atoms with Gasteiger partial charge in [-0.25, -0.2) is 4.39 Å². The van der Waals surface area contributed by atoms with Gasteiger partial charge in [-0.2, -0.15) is 0 Å².